The Morgan fingerprint density at radius 3 is 2.63 bits per heavy atom. The van der Waals surface area contributed by atoms with E-state index in [1.807, 2.05) is 30.3 Å². The molecule has 0 aromatic heterocycles. The average Bonchev–Trinajstić information content (AvgIpc) is 2.43. The van der Waals surface area contributed by atoms with Crippen LogP contribution in [0.3, 0.4) is 0 Å². The van der Waals surface area contributed by atoms with E-state index in [0.29, 0.717) is 28.5 Å². The van der Waals surface area contributed by atoms with Crippen LogP contribution in [0.4, 0.5) is 0 Å². The fraction of sp³-hybridized carbons (Fsp3) is 0.133. The van der Waals surface area contributed by atoms with Gasteiger partial charge in [-0.2, -0.15) is 5.26 Å². The summed E-state index contributed by atoms with van der Waals surface area (Å²) in [5.74, 6) is 1.15. The molecule has 0 saturated heterocycles. The van der Waals surface area contributed by atoms with Gasteiger partial charge in [-0.05, 0) is 36.2 Å². The van der Waals surface area contributed by atoms with Crippen molar-refractivity contribution in [3.63, 3.8) is 0 Å². The van der Waals surface area contributed by atoms with Crippen LogP contribution in [0, 0.1) is 11.3 Å². The molecule has 0 spiro atoms. The first-order chi connectivity index (χ1) is 9.24. The van der Waals surface area contributed by atoms with E-state index in [2.05, 4.69) is 0 Å². The van der Waals surface area contributed by atoms with Gasteiger partial charge >= 0.3 is 0 Å². The third kappa shape index (κ3) is 3.25. The summed E-state index contributed by atoms with van der Waals surface area (Å²) in [6, 6.07) is 14.3. The molecule has 4 heteroatoms. The minimum absolute atomic E-state index is 0.0570. The molecule has 0 aliphatic rings. The maximum absolute atomic E-state index is 9.02. The normalized spacial score (nSPS) is 9.95. The van der Waals surface area contributed by atoms with Crippen molar-refractivity contribution in [1.82, 2.24) is 0 Å². The Labute approximate surface area is 116 Å². The number of nitrogens with zero attached hydrogens (tertiary/aromatic N) is 1. The molecule has 19 heavy (non-hydrogen) atoms. The number of nitriles is 1. The molecule has 1 N–H and O–H groups in total. The molecule has 2 aromatic carbocycles. The Bertz CT molecular complexity index is 620. The quantitative estimate of drug-likeness (QED) is 0.927. The van der Waals surface area contributed by atoms with Gasteiger partial charge in [-0.25, -0.2) is 0 Å². The second-order valence-corrected chi connectivity index (χ2v) is 4.35. The first kappa shape index (κ1) is 13.4. The highest BCUT2D eigenvalue weighted by Crippen LogP contribution is 2.31. The molecule has 0 heterocycles. The van der Waals surface area contributed by atoms with Gasteiger partial charge in [0.2, 0.25) is 0 Å². The van der Waals surface area contributed by atoms with E-state index in [1.54, 1.807) is 18.2 Å². The van der Waals surface area contributed by atoms with Gasteiger partial charge in [0.15, 0.2) is 0 Å². The number of benzene rings is 2. The molecule has 2 aromatic rings. The zero-order chi connectivity index (χ0) is 13.7. The number of hydrogen-bond donors (Lipinski definition) is 1. The molecule has 0 aliphatic heterocycles. The molecule has 0 bridgehead atoms. The van der Waals surface area contributed by atoms with Crippen LogP contribution < -0.4 is 4.74 Å². The highest BCUT2D eigenvalue weighted by Gasteiger charge is 2.07. The summed E-state index contributed by atoms with van der Waals surface area (Å²) in [6.45, 7) is 0.0570. The van der Waals surface area contributed by atoms with E-state index in [1.165, 1.54) is 0 Å². The van der Waals surface area contributed by atoms with Gasteiger partial charge in [-0.15, -0.1) is 0 Å². The van der Waals surface area contributed by atoms with Gasteiger partial charge in [0.25, 0.3) is 0 Å². The number of ether oxygens (including phenoxy) is 1. The summed E-state index contributed by atoms with van der Waals surface area (Å²) in [5, 5.41) is 18.2. The standard InChI is InChI=1S/C15H12ClNO2/c16-13-9-11(10-17)5-6-15(13)19-14-4-2-1-3-12(14)7-8-18/h1-6,9,18H,7-8H2. The van der Waals surface area contributed by atoms with Crippen molar-refractivity contribution in [3.05, 3.63) is 58.6 Å². The van der Waals surface area contributed by atoms with Crippen LogP contribution in [0.1, 0.15) is 11.1 Å². The van der Waals surface area contributed by atoms with Gasteiger partial charge < -0.3 is 9.84 Å². The highest BCUT2D eigenvalue weighted by molar-refractivity contribution is 6.32. The lowest BCUT2D eigenvalue weighted by molar-refractivity contribution is 0.298. The smallest absolute Gasteiger partial charge is 0.146 e. The third-order valence-electron chi connectivity index (χ3n) is 2.63. The number of halogens is 1. The average molecular weight is 274 g/mol. The zero-order valence-electron chi connectivity index (χ0n) is 10.1. The fourth-order valence-corrected chi connectivity index (χ4v) is 1.92. The van der Waals surface area contributed by atoms with Crippen LogP contribution in [0.15, 0.2) is 42.5 Å². The van der Waals surface area contributed by atoms with Crippen LogP contribution >= 0.6 is 11.6 Å². The van der Waals surface area contributed by atoms with Crippen LogP contribution in [0.2, 0.25) is 5.02 Å². The Morgan fingerprint density at radius 2 is 1.95 bits per heavy atom. The van der Waals surface area contributed by atoms with Gasteiger partial charge in [0, 0.05) is 6.61 Å². The minimum Gasteiger partial charge on any atom is -0.456 e. The van der Waals surface area contributed by atoms with Crippen molar-refractivity contribution in [2.24, 2.45) is 0 Å². The van der Waals surface area contributed by atoms with Gasteiger partial charge in [0.05, 0.1) is 16.7 Å². The third-order valence-corrected chi connectivity index (χ3v) is 2.93. The van der Waals surface area contributed by atoms with Crippen molar-refractivity contribution in [1.29, 1.82) is 5.26 Å². The minimum atomic E-state index is 0.0570. The monoisotopic (exact) mass is 273 g/mol. The fourth-order valence-electron chi connectivity index (χ4n) is 1.70. The second-order valence-electron chi connectivity index (χ2n) is 3.94. The molecule has 0 atom stereocenters. The lowest BCUT2D eigenvalue weighted by Crippen LogP contribution is -1.95. The first-order valence-corrected chi connectivity index (χ1v) is 6.18. The van der Waals surface area contributed by atoms with E-state index in [9.17, 15) is 0 Å². The Balaban J connectivity index is 2.29. The lowest BCUT2D eigenvalue weighted by Gasteiger charge is -2.11. The van der Waals surface area contributed by atoms with Crippen molar-refractivity contribution in [3.8, 4) is 17.6 Å². The summed E-state index contributed by atoms with van der Waals surface area (Å²) >= 11 is 6.06. The van der Waals surface area contributed by atoms with E-state index < -0.39 is 0 Å². The maximum atomic E-state index is 9.02. The van der Waals surface area contributed by atoms with Crippen molar-refractivity contribution in [2.75, 3.05) is 6.61 Å². The number of rotatable bonds is 4. The van der Waals surface area contributed by atoms with Crippen LogP contribution in [-0.4, -0.2) is 11.7 Å². The SMILES string of the molecule is N#Cc1ccc(Oc2ccccc2CCO)c(Cl)c1. The topological polar surface area (TPSA) is 53.2 Å². The Kier molecular flexibility index (Phi) is 4.40. The zero-order valence-corrected chi connectivity index (χ0v) is 10.9. The van der Waals surface area contributed by atoms with Gasteiger partial charge in [0.1, 0.15) is 11.5 Å². The Hall–Kier alpha value is -2.02. The molecule has 0 radical (unpaired) electrons. The number of hydrogen-bond acceptors (Lipinski definition) is 3. The lowest BCUT2D eigenvalue weighted by atomic mass is 10.1. The summed E-state index contributed by atoms with van der Waals surface area (Å²) in [7, 11) is 0. The summed E-state index contributed by atoms with van der Waals surface area (Å²) in [6.07, 6.45) is 0.518. The van der Waals surface area contributed by atoms with Crippen LogP contribution in [0.5, 0.6) is 11.5 Å². The number of aliphatic hydroxyl groups is 1. The molecule has 0 amide bonds. The summed E-state index contributed by atoms with van der Waals surface area (Å²) < 4.78 is 5.74. The molecule has 3 nitrogen and oxygen atoms in total. The van der Waals surface area contributed by atoms with E-state index in [4.69, 9.17) is 26.7 Å². The molecule has 96 valence electrons. The molecule has 0 saturated carbocycles. The largest absolute Gasteiger partial charge is 0.456 e. The number of aliphatic hydroxyl groups excluding tert-OH is 1. The molecule has 0 unspecified atom stereocenters. The predicted molar refractivity (Wildman–Crippen MR) is 73.5 cm³/mol. The van der Waals surface area contributed by atoms with Gasteiger partial charge in [-0.1, -0.05) is 29.8 Å². The Morgan fingerprint density at radius 1 is 1.16 bits per heavy atom. The van der Waals surface area contributed by atoms with Crippen molar-refractivity contribution >= 4 is 11.6 Å². The second kappa shape index (κ2) is 6.24. The van der Waals surface area contributed by atoms with Gasteiger partial charge in [-0.3, -0.25) is 0 Å². The predicted octanol–water partition coefficient (Wildman–Crippen LogP) is 3.54. The van der Waals surface area contributed by atoms with Crippen LogP contribution in [-0.2, 0) is 6.42 Å². The highest BCUT2D eigenvalue weighted by atomic mass is 35.5. The van der Waals surface area contributed by atoms with E-state index in [0.717, 1.165) is 5.56 Å². The summed E-state index contributed by atoms with van der Waals surface area (Å²) in [5.41, 5.74) is 1.39. The van der Waals surface area contributed by atoms with E-state index in [-0.39, 0.29) is 6.61 Å². The summed E-state index contributed by atoms with van der Waals surface area (Å²) in [4.78, 5) is 0. The van der Waals surface area contributed by atoms with Crippen LogP contribution in [0.25, 0.3) is 0 Å². The van der Waals surface area contributed by atoms with E-state index >= 15 is 0 Å². The molecule has 2 rings (SSSR count). The first-order valence-electron chi connectivity index (χ1n) is 5.81. The molecule has 0 fully saturated rings. The maximum Gasteiger partial charge on any atom is 0.146 e. The number of para-hydroxylation sites is 1. The van der Waals surface area contributed by atoms with Crippen molar-refractivity contribution < 1.29 is 9.84 Å². The molecular weight excluding hydrogens is 262 g/mol. The molecule has 0 aliphatic carbocycles. The molecular formula is C15H12ClNO2. The van der Waals surface area contributed by atoms with Crippen molar-refractivity contribution in [2.45, 2.75) is 6.42 Å².